The van der Waals surface area contributed by atoms with Gasteiger partial charge in [0, 0.05) is 18.3 Å². The van der Waals surface area contributed by atoms with Crippen LogP contribution < -0.4 is 0 Å². The quantitative estimate of drug-likeness (QED) is 0.843. The summed E-state index contributed by atoms with van der Waals surface area (Å²) in [7, 11) is 0. The lowest BCUT2D eigenvalue weighted by Crippen LogP contribution is -2.00. The Labute approximate surface area is 99.3 Å². The van der Waals surface area contributed by atoms with Crippen molar-refractivity contribution in [2.75, 3.05) is 0 Å². The van der Waals surface area contributed by atoms with Crippen molar-refractivity contribution in [3.8, 4) is 0 Å². The number of aromatic nitrogens is 2. The molecule has 0 aliphatic heterocycles. The first-order valence-corrected chi connectivity index (χ1v) is 5.43. The molecule has 4 heteroatoms. The van der Waals surface area contributed by atoms with Crippen LogP contribution in [0.25, 0.3) is 0 Å². The zero-order valence-electron chi connectivity index (χ0n) is 9.60. The van der Waals surface area contributed by atoms with E-state index in [9.17, 15) is 4.79 Å². The number of imidazole rings is 1. The van der Waals surface area contributed by atoms with Gasteiger partial charge < -0.3 is 10.1 Å². The van der Waals surface area contributed by atoms with Crippen LogP contribution >= 0.6 is 0 Å². The first-order valence-electron chi connectivity index (χ1n) is 5.43. The fourth-order valence-corrected chi connectivity index (χ4v) is 1.76. The SMILES string of the molecule is Cc1cccc(Cc2ncc(CC(=O)O)[nH]2)c1. The molecule has 2 rings (SSSR count). The van der Waals surface area contributed by atoms with Crippen LogP contribution in [0.2, 0.25) is 0 Å². The van der Waals surface area contributed by atoms with E-state index in [1.165, 1.54) is 11.1 Å². The zero-order chi connectivity index (χ0) is 12.3. The third kappa shape index (κ3) is 3.17. The molecule has 2 N–H and O–H groups in total. The molecule has 0 spiro atoms. The van der Waals surface area contributed by atoms with E-state index in [0.717, 1.165) is 5.82 Å². The van der Waals surface area contributed by atoms with Gasteiger partial charge in [0.05, 0.1) is 6.42 Å². The molecule has 0 bridgehead atoms. The van der Waals surface area contributed by atoms with Crippen molar-refractivity contribution in [1.82, 2.24) is 9.97 Å². The lowest BCUT2D eigenvalue weighted by atomic mass is 10.1. The predicted octanol–water partition coefficient (Wildman–Crippen LogP) is 1.94. The number of carbonyl (C=O) groups is 1. The summed E-state index contributed by atoms with van der Waals surface area (Å²) >= 11 is 0. The van der Waals surface area contributed by atoms with Crippen molar-refractivity contribution in [2.24, 2.45) is 0 Å². The first kappa shape index (κ1) is 11.4. The van der Waals surface area contributed by atoms with Gasteiger partial charge in [-0.15, -0.1) is 0 Å². The number of nitrogens with one attached hydrogen (secondary N) is 1. The maximum Gasteiger partial charge on any atom is 0.309 e. The van der Waals surface area contributed by atoms with E-state index in [0.29, 0.717) is 12.1 Å². The van der Waals surface area contributed by atoms with Crippen LogP contribution in [0.5, 0.6) is 0 Å². The molecule has 0 atom stereocenters. The highest BCUT2D eigenvalue weighted by molar-refractivity contribution is 5.69. The zero-order valence-corrected chi connectivity index (χ0v) is 9.60. The second-order valence-electron chi connectivity index (χ2n) is 4.09. The molecule has 17 heavy (non-hydrogen) atoms. The number of hydrogen-bond donors (Lipinski definition) is 2. The van der Waals surface area contributed by atoms with Crippen LogP contribution in [0, 0.1) is 6.92 Å². The molecule has 4 nitrogen and oxygen atoms in total. The van der Waals surface area contributed by atoms with E-state index in [1.807, 2.05) is 25.1 Å². The Balaban J connectivity index is 2.08. The molecule has 1 heterocycles. The van der Waals surface area contributed by atoms with Gasteiger partial charge in [-0.1, -0.05) is 29.8 Å². The molecule has 2 aromatic rings. The molecule has 0 unspecified atom stereocenters. The fourth-order valence-electron chi connectivity index (χ4n) is 1.76. The van der Waals surface area contributed by atoms with Crippen LogP contribution in [0.4, 0.5) is 0 Å². The van der Waals surface area contributed by atoms with Crippen molar-refractivity contribution in [3.63, 3.8) is 0 Å². The van der Waals surface area contributed by atoms with Gasteiger partial charge in [-0.25, -0.2) is 4.98 Å². The number of carboxylic acids is 1. The molecule has 0 aliphatic carbocycles. The number of carboxylic acid groups (broad SMARTS) is 1. The van der Waals surface area contributed by atoms with Gasteiger partial charge >= 0.3 is 5.97 Å². The largest absolute Gasteiger partial charge is 0.481 e. The smallest absolute Gasteiger partial charge is 0.309 e. The number of aromatic amines is 1. The summed E-state index contributed by atoms with van der Waals surface area (Å²) in [6.45, 7) is 2.04. The summed E-state index contributed by atoms with van der Waals surface area (Å²) in [5, 5.41) is 8.65. The molecule has 0 fully saturated rings. The number of aryl methyl sites for hydroxylation is 1. The van der Waals surface area contributed by atoms with E-state index in [1.54, 1.807) is 6.20 Å². The van der Waals surface area contributed by atoms with Crippen molar-refractivity contribution in [1.29, 1.82) is 0 Å². The molecular formula is C13H14N2O2. The number of rotatable bonds is 4. The van der Waals surface area contributed by atoms with Gasteiger partial charge in [0.2, 0.25) is 0 Å². The summed E-state index contributed by atoms with van der Waals surface area (Å²) in [4.78, 5) is 17.7. The lowest BCUT2D eigenvalue weighted by molar-refractivity contribution is -0.136. The molecule has 1 aromatic heterocycles. The molecule has 0 aliphatic rings. The monoisotopic (exact) mass is 230 g/mol. The first-order chi connectivity index (χ1) is 8.13. The van der Waals surface area contributed by atoms with Crippen LogP contribution in [-0.2, 0) is 17.6 Å². The highest BCUT2D eigenvalue weighted by Gasteiger charge is 2.05. The predicted molar refractivity (Wildman–Crippen MR) is 63.9 cm³/mol. The molecule has 88 valence electrons. The van der Waals surface area contributed by atoms with Gasteiger partial charge in [0.15, 0.2) is 0 Å². The minimum Gasteiger partial charge on any atom is -0.481 e. The minimum atomic E-state index is -0.851. The van der Waals surface area contributed by atoms with E-state index in [-0.39, 0.29) is 6.42 Å². The Morgan fingerprint density at radius 3 is 3.00 bits per heavy atom. The van der Waals surface area contributed by atoms with Gasteiger partial charge in [-0.2, -0.15) is 0 Å². The maximum atomic E-state index is 10.5. The van der Waals surface area contributed by atoms with Gasteiger partial charge in [0.25, 0.3) is 0 Å². The van der Waals surface area contributed by atoms with E-state index in [4.69, 9.17) is 5.11 Å². The molecule has 0 saturated heterocycles. The summed E-state index contributed by atoms with van der Waals surface area (Å²) in [6, 6.07) is 8.18. The lowest BCUT2D eigenvalue weighted by Gasteiger charge is -1.99. The Kier molecular flexibility index (Phi) is 3.23. The Hall–Kier alpha value is -2.10. The molecule has 0 amide bonds. The van der Waals surface area contributed by atoms with Crippen molar-refractivity contribution < 1.29 is 9.90 Å². The van der Waals surface area contributed by atoms with E-state index >= 15 is 0 Å². The third-order valence-electron chi connectivity index (χ3n) is 2.48. The summed E-state index contributed by atoms with van der Waals surface area (Å²) in [6.07, 6.45) is 2.27. The highest BCUT2D eigenvalue weighted by atomic mass is 16.4. The molecule has 0 saturated carbocycles. The summed E-state index contributed by atoms with van der Waals surface area (Å²) in [5.41, 5.74) is 3.01. The molecular weight excluding hydrogens is 216 g/mol. The van der Waals surface area contributed by atoms with Crippen molar-refractivity contribution in [3.05, 3.63) is 53.1 Å². The van der Waals surface area contributed by atoms with E-state index < -0.39 is 5.97 Å². The van der Waals surface area contributed by atoms with Crippen LogP contribution in [0.1, 0.15) is 22.6 Å². The van der Waals surface area contributed by atoms with E-state index in [2.05, 4.69) is 16.0 Å². The number of aliphatic carboxylic acids is 1. The molecule has 0 radical (unpaired) electrons. The topological polar surface area (TPSA) is 66.0 Å². The number of hydrogen-bond acceptors (Lipinski definition) is 2. The number of nitrogens with zero attached hydrogens (tertiary/aromatic N) is 1. The third-order valence-corrected chi connectivity index (χ3v) is 2.48. The average molecular weight is 230 g/mol. The molecule has 1 aromatic carbocycles. The summed E-state index contributed by atoms with van der Waals surface area (Å²) < 4.78 is 0. The fraction of sp³-hybridized carbons (Fsp3) is 0.231. The number of benzene rings is 1. The van der Waals surface area contributed by atoms with Crippen LogP contribution in [0.15, 0.2) is 30.5 Å². The second-order valence-corrected chi connectivity index (χ2v) is 4.09. The minimum absolute atomic E-state index is 0.0131. The Morgan fingerprint density at radius 1 is 1.47 bits per heavy atom. The van der Waals surface area contributed by atoms with Crippen LogP contribution in [0.3, 0.4) is 0 Å². The second kappa shape index (κ2) is 4.82. The standard InChI is InChI=1S/C13H14N2O2/c1-9-3-2-4-10(5-9)6-12-14-8-11(15-12)7-13(16)17/h2-5,8H,6-7H2,1H3,(H,14,15)(H,16,17). The van der Waals surface area contributed by atoms with Gasteiger partial charge in [-0.3, -0.25) is 4.79 Å². The van der Waals surface area contributed by atoms with Crippen molar-refractivity contribution in [2.45, 2.75) is 19.8 Å². The Morgan fingerprint density at radius 2 is 2.29 bits per heavy atom. The Bertz CT molecular complexity index is 532. The van der Waals surface area contributed by atoms with Gasteiger partial charge in [0.1, 0.15) is 5.82 Å². The van der Waals surface area contributed by atoms with Gasteiger partial charge in [-0.05, 0) is 12.5 Å². The maximum absolute atomic E-state index is 10.5. The highest BCUT2D eigenvalue weighted by Crippen LogP contribution is 2.09. The normalized spacial score (nSPS) is 10.4. The summed E-state index contributed by atoms with van der Waals surface area (Å²) in [5.74, 6) is -0.0531. The number of H-pyrrole nitrogens is 1. The van der Waals surface area contributed by atoms with Crippen LogP contribution in [-0.4, -0.2) is 21.0 Å². The van der Waals surface area contributed by atoms with Crippen molar-refractivity contribution >= 4 is 5.97 Å². The average Bonchev–Trinajstić information content (AvgIpc) is 2.64.